The first kappa shape index (κ1) is 13.0. The minimum Gasteiger partial charge on any atom is -0.319 e. The zero-order chi connectivity index (χ0) is 12.3. The molecule has 0 radical (unpaired) electrons. The van der Waals surface area contributed by atoms with E-state index in [0.29, 0.717) is 0 Å². The van der Waals surface area contributed by atoms with Gasteiger partial charge in [0.25, 0.3) is 0 Å². The molecule has 1 aromatic rings. The molecule has 0 aliphatic heterocycles. The lowest BCUT2D eigenvalue weighted by Gasteiger charge is -2.35. The Balaban J connectivity index is 2.05. The summed E-state index contributed by atoms with van der Waals surface area (Å²) in [4.78, 5) is 4.74. The fourth-order valence-corrected chi connectivity index (χ4v) is 3.75. The summed E-state index contributed by atoms with van der Waals surface area (Å²) in [7, 11) is 0. The van der Waals surface area contributed by atoms with Crippen molar-refractivity contribution in [1.29, 1.82) is 0 Å². The summed E-state index contributed by atoms with van der Waals surface area (Å²) in [6.07, 6.45) is 8.33. The van der Waals surface area contributed by atoms with Gasteiger partial charge in [0.05, 0.1) is 11.2 Å². The van der Waals surface area contributed by atoms with E-state index in [0.717, 1.165) is 25.2 Å². The smallest absolute Gasteiger partial charge is 0.113 e. The maximum Gasteiger partial charge on any atom is 0.113 e. The lowest BCUT2D eigenvalue weighted by molar-refractivity contribution is 0.231. The summed E-state index contributed by atoms with van der Waals surface area (Å²) in [6.45, 7) is 4.49. The molecule has 0 aromatic carbocycles. The van der Waals surface area contributed by atoms with Crippen LogP contribution >= 0.6 is 11.3 Å². The summed E-state index contributed by atoms with van der Waals surface area (Å²) in [6, 6.07) is 0. The fraction of sp³-hybridized carbons (Fsp3) is 0.786. The van der Waals surface area contributed by atoms with Gasteiger partial charge in [-0.2, -0.15) is 0 Å². The van der Waals surface area contributed by atoms with E-state index in [2.05, 4.69) is 19.2 Å². The van der Waals surface area contributed by atoms with Crippen LogP contribution in [0.1, 0.15) is 63.1 Å². The molecule has 1 aliphatic rings. The van der Waals surface area contributed by atoms with Crippen LogP contribution in [0.2, 0.25) is 0 Å². The molecule has 0 amide bonds. The lowest BCUT2D eigenvalue weighted by Crippen LogP contribution is -2.40. The summed E-state index contributed by atoms with van der Waals surface area (Å²) in [5.74, 6) is 0.891. The summed E-state index contributed by atoms with van der Waals surface area (Å²) in [5.41, 5.74) is 7.66. The Bertz CT molecular complexity index is 351. The van der Waals surface area contributed by atoms with Gasteiger partial charge in [0.2, 0.25) is 0 Å². The van der Waals surface area contributed by atoms with E-state index < -0.39 is 0 Å². The minimum atomic E-state index is -0.123. The van der Waals surface area contributed by atoms with Crippen LogP contribution in [-0.2, 0) is 12.0 Å². The van der Waals surface area contributed by atoms with Crippen molar-refractivity contribution in [3.63, 3.8) is 0 Å². The van der Waals surface area contributed by atoms with Gasteiger partial charge in [-0.15, -0.1) is 11.3 Å². The van der Waals surface area contributed by atoms with E-state index in [1.807, 2.05) is 0 Å². The third kappa shape index (κ3) is 2.89. The van der Waals surface area contributed by atoms with Crippen molar-refractivity contribution in [3.8, 4) is 0 Å². The van der Waals surface area contributed by atoms with Crippen LogP contribution in [-0.4, -0.2) is 4.98 Å². The van der Waals surface area contributed by atoms with Gasteiger partial charge in [0.1, 0.15) is 5.01 Å². The molecule has 3 heteroatoms. The molecule has 1 saturated carbocycles. The first-order chi connectivity index (χ1) is 8.18. The zero-order valence-electron chi connectivity index (χ0n) is 11.0. The number of nitrogens with zero attached hydrogens (tertiary/aromatic N) is 1. The Labute approximate surface area is 109 Å². The van der Waals surface area contributed by atoms with Gasteiger partial charge < -0.3 is 5.73 Å². The molecule has 2 nitrogen and oxygen atoms in total. The van der Waals surface area contributed by atoms with Crippen LogP contribution in [0.25, 0.3) is 0 Å². The highest BCUT2D eigenvalue weighted by Gasteiger charge is 2.35. The van der Waals surface area contributed by atoms with Crippen LogP contribution < -0.4 is 5.73 Å². The molecular formula is C14H24N2S. The second-order valence-corrected chi connectivity index (χ2v) is 6.26. The van der Waals surface area contributed by atoms with Crippen molar-refractivity contribution >= 4 is 11.3 Å². The highest BCUT2D eigenvalue weighted by Crippen LogP contribution is 2.39. The molecule has 1 fully saturated rings. The minimum absolute atomic E-state index is 0.123. The molecule has 96 valence electrons. The predicted octanol–water partition coefficient (Wildman–Crippen LogP) is 3.85. The third-order valence-corrected chi connectivity index (χ3v) is 5.17. The van der Waals surface area contributed by atoms with E-state index in [4.69, 9.17) is 10.7 Å². The Morgan fingerprint density at radius 3 is 2.71 bits per heavy atom. The van der Waals surface area contributed by atoms with E-state index >= 15 is 0 Å². The van der Waals surface area contributed by atoms with Crippen molar-refractivity contribution < 1.29 is 0 Å². The monoisotopic (exact) mass is 252 g/mol. The molecule has 0 atom stereocenters. The van der Waals surface area contributed by atoms with Gasteiger partial charge in [-0.1, -0.05) is 26.7 Å². The van der Waals surface area contributed by atoms with Gasteiger partial charge in [-0.25, -0.2) is 4.98 Å². The number of thiazole rings is 1. The summed E-state index contributed by atoms with van der Waals surface area (Å²) >= 11 is 1.77. The summed E-state index contributed by atoms with van der Waals surface area (Å²) < 4.78 is 0. The molecule has 2 rings (SSSR count). The largest absolute Gasteiger partial charge is 0.319 e. The maximum absolute atomic E-state index is 6.55. The summed E-state index contributed by atoms with van der Waals surface area (Å²) in [5, 5.41) is 3.37. The van der Waals surface area contributed by atoms with E-state index in [1.165, 1.54) is 36.4 Å². The van der Waals surface area contributed by atoms with Crippen LogP contribution in [0, 0.1) is 5.92 Å². The van der Waals surface area contributed by atoms with Crippen molar-refractivity contribution in [2.75, 3.05) is 0 Å². The normalized spacial score (nSPS) is 29.5. The Morgan fingerprint density at radius 1 is 1.41 bits per heavy atom. The van der Waals surface area contributed by atoms with E-state index in [1.54, 1.807) is 11.3 Å². The molecule has 1 aromatic heterocycles. The van der Waals surface area contributed by atoms with Crippen LogP contribution in [0.4, 0.5) is 0 Å². The standard InChI is InChI=1S/C14H24N2S/c1-3-5-12-10-17-13(16-12)14(15)8-6-11(4-2)7-9-14/h10-11H,3-9,15H2,1-2H3. The van der Waals surface area contributed by atoms with Crippen LogP contribution in [0.15, 0.2) is 5.38 Å². The third-order valence-electron chi connectivity index (χ3n) is 4.06. The molecular weight excluding hydrogens is 228 g/mol. The van der Waals surface area contributed by atoms with Gasteiger partial charge in [0.15, 0.2) is 0 Å². The number of aryl methyl sites for hydroxylation is 1. The van der Waals surface area contributed by atoms with E-state index in [-0.39, 0.29) is 5.54 Å². The average Bonchev–Trinajstić information content (AvgIpc) is 2.80. The Morgan fingerprint density at radius 2 is 2.12 bits per heavy atom. The molecule has 0 spiro atoms. The van der Waals surface area contributed by atoms with Crippen LogP contribution in [0.5, 0.6) is 0 Å². The van der Waals surface area contributed by atoms with Crippen molar-refractivity contribution in [2.24, 2.45) is 11.7 Å². The fourth-order valence-electron chi connectivity index (χ4n) is 2.72. The molecule has 0 unspecified atom stereocenters. The molecule has 1 aliphatic carbocycles. The zero-order valence-corrected chi connectivity index (χ0v) is 11.9. The number of nitrogens with two attached hydrogens (primary N) is 1. The predicted molar refractivity (Wildman–Crippen MR) is 74.2 cm³/mol. The second kappa shape index (κ2) is 5.49. The van der Waals surface area contributed by atoms with Gasteiger partial charge >= 0.3 is 0 Å². The van der Waals surface area contributed by atoms with Crippen molar-refractivity contribution in [2.45, 2.75) is 64.3 Å². The quantitative estimate of drug-likeness (QED) is 0.884. The van der Waals surface area contributed by atoms with Crippen molar-refractivity contribution in [3.05, 3.63) is 16.1 Å². The number of hydrogen-bond donors (Lipinski definition) is 1. The maximum atomic E-state index is 6.55. The van der Waals surface area contributed by atoms with Crippen LogP contribution in [0.3, 0.4) is 0 Å². The highest BCUT2D eigenvalue weighted by atomic mass is 32.1. The Kier molecular flexibility index (Phi) is 4.21. The molecule has 0 saturated heterocycles. The molecule has 2 N–H and O–H groups in total. The Hall–Kier alpha value is -0.410. The first-order valence-corrected chi connectivity index (χ1v) is 7.79. The second-order valence-electron chi connectivity index (χ2n) is 5.40. The number of aromatic nitrogens is 1. The van der Waals surface area contributed by atoms with Gasteiger partial charge in [-0.3, -0.25) is 0 Å². The number of rotatable bonds is 4. The molecule has 17 heavy (non-hydrogen) atoms. The molecule has 1 heterocycles. The van der Waals surface area contributed by atoms with Gasteiger partial charge in [-0.05, 0) is 38.0 Å². The SMILES string of the molecule is CCCc1csc(C2(N)CCC(CC)CC2)n1. The van der Waals surface area contributed by atoms with E-state index in [9.17, 15) is 0 Å². The first-order valence-electron chi connectivity index (χ1n) is 6.91. The van der Waals surface area contributed by atoms with Gasteiger partial charge in [0, 0.05) is 5.38 Å². The molecule has 0 bridgehead atoms. The lowest BCUT2D eigenvalue weighted by atomic mass is 9.76. The highest BCUT2D eigenvalue weighted by molar-refractivity contribution is 7.09. The topological polar surface area (TPSA) is 38.9 Å². The van der Waals surface area contributed by atoms with Crippen molar-refractivity contribution in [1.82, 2.24) is 4.98 Å². The number of hydrogen-bond acceptors (Lipinski definition) is 3. The average molecular weight is 252 g/mol.